The van der Waals surface area contributed by atoms with Gasteiger partial charge in [0.25, 0.3) is 23.3 Å². The maximum Gasteiger partial charge on any atom is 0.343 e. The molecule has 4 aliphatic heterocycles. The van der Waals surface area contributed by atoms with Crippen LogP contribution in [0.15, 0.2) is 59.4 Å². The number of cyclic esters (lactones) is 1. The molecule has 4 atom stereocenters. The largest absolute Gasteiger partial charge is 0.458 e. The molecule has 4 aromatic rings. The van der Waals surface area contributed by atoms with Crippen LogP contribution in [0.3, 0.4) is 0 Å². The van der Waals surface area contributed by atoms with E-state index in [4.69, 9.17) is 52.4 Å². The highest BCUT2D eigenvalue weighted by molar-refractivity contribution is 6.12. The van der Waals surface area contributed by atoms with Crippen molar-refractivity contribution in [3.8, 4) is 11.4 Å². The Morgan fingerprint density at radius 2 is 1.28 bits per heavy atom. The molecule has 5 aliphatic rings. The first-order valence-corrected chi connectivity index (χ1v) is 35.4. The fraction of sp³-hybridized carbons (Fsp3) is 0.556. The van der Waals surface area contributed by atoms with Crippen LogP contribution >= 0.6 is 0 Å². The fourth-order valence-electron chi connectivity index (χ4n) is 12.8. The summed E-state index contributed by atoms with van der Waals surface area (Å²) in [4.78, 5) is 149. The highest BCUT2D eigenvalue weighted by Crippen LogP contribution is 2.48. The molecule has 32 nitrogen and oxygen atoms in total. The van der Waals surface area contributed by atoms with Gasteiger partial charge >= 0.3 is 5.97 Å². The minimum absolute atomic E-state index is 0.0271. The number of likely N-dealkylation sites (tertiary alicyclic amines) is 1. The number of aromatic nitrogens is 2. The number of nitrogens with one attached hydrogen (secondary N) is 6. The number of halogens is 1. The summed E-state index contributed by atoms with van der Waals surface area (Å²) >= 11 is 0. The quantitative estimate of drug-likeness (QED) is 0.0117. The van der Waals surface area contributed by atoms with Gasteiger partial charge in [0.1, 0.15) is 37.9 Å². The number of pyridine rings is 2. The van der Waals surface area contributed by atoms with E-state index in [1.807, 2.05) is 0 Å². The number of hydrogen-bond acceptors (Lipinski definition) is 23. The number of aliphatic hydroxyl groups is 1. The maximum atomic E-state index is 15.6. The number of unbranched alkanes of at least 4 members (excludes halogenated alkanes) is 2. The summed E-state index contributed by atoms with van der Waals surface area (Å²) in [5, 5.41) is 27.4. The first kappa shape index (κ1) is 80.1. The van der Waals surface area contributed by atoms with Crippen LogP contribution in [0.2, 0.25) is 0 Å². The summed E-state index contributed by atoms with van der Waals surface area (Å²) in [6.45, 7) is 6.85. The molecule has 1 fully saturated rings. The van der Waals surface area contributed by atoms with Crippen LogP contribution in [0.4, 0.5) is 4.39 Å². The van der Waals surface area contributed by atoms with Gasteiger partial charge in [-0.3, -0.25) is 52.8 Å². The molecule has 0 radical (unpaired) electrons. The van der Waals surface area contributed by atoms with Crippen molar-refractivity contribution in [1.29, 1.82) is 0 Å². The van der Waals surface area contributed by atoms with Crippen molar-refractivity contribution in [1.82, 2.24) is 51.3 Å². The first-order chi connectivity index (χ1) is 50.9. The third-order valence-electron chi connectivity index (χ3n) is 18.3. The summed E-state index contributed by atoms with van der Waals surface area (Å²) in [6, 6.07) is 9.99. The second-order valence-corrected chi connectivity index (χ2v) is 25.3. The number of hydrogen-bond donors (Lipinski definition) is 7. The lowest BCUT2D eigenvalue weighted by Crippen LogP contribution is -2.52. The highest BCUT2D eigenvalue weighted by Gasteiger charge is 2.47. The third-order valence-corrected chi connectivity index (χ3v) is 18.3. The van der Waals surface area contributed by atoms with Crippen LogP contribution < -0.4 is 37.5 Å². The van der Waals surface area contributed by atoms with E-state index < -0.39 is 97.0 Å². The van der Waals surface area contributed by atoms with Gasteiger partial charge in [0.2, 0.25) is 35.4 Å². The Bertz CT molecular complexity index is 3820. The molecule has 33 heteroatoms. The lowest BCUT2D eigenvalue weighted by atomic mass is 9.81. The van der Waals surface area contributed by atoms with Crippen LogP contribution in [0.25, 0.3) is 22.3 Å². The number of imide groups is 1. The third kappa shape index (κ3) is 22.3. The van der Waals surface area contributed by atoms with E-state index in [9.17, 15) is 57.8 Å². The standard InChI is InChI=1S/C72H93FN10O22/c1-3-72(95)51-37-56-67-49(42-83(56)69(92)50(51)43-104-71(72)94)66-55(14-13-48-46(2)52(73)38-53(80-67)65(48)66)81-20-17-57(70(81)93)105-45-78-60(86)40-77-68(91)54(36-47-10-6-4-7-11-47)79-61(87)41-75-59(85)39-76-62(88)44-103-35-34-102-33-32-101-31-30-100-29-28-99-27-26-98-25-24-97-23-22-96-21-18-74-58(84)12-8-5-9-19-82-63(89)15-16-64(82)90/h4,6-7,10-11,15-16,37-38,54-55,57,95H,3,5,8-9,12-14,17-36,39-45H2,1-2H3,(H,74,84)(H,75,85)(H,76,88)(H,77,91)(H,78,86)(H,79,87)/t54-,55-,57?,72+/m0/s1. The smallest absolute Gasteiger partial charge is 0.343 e. The van der Waals surface area contributed by atoms with Crippen LogP contribution in [0.5, 0.6) is 0 Å². The summed E-state index contributed by atoms with van der Waals surface area (Å²) in [5.41, 5.74) is 2.08. The van der Waals surface area contributed by atoms with Crippen LogP contribution in [0, 0.1) is 12.7 Å². The van der Waals surface area contributed by atoms with Gasteiger partial charge in [-0.15, -0.1) is 0 Å². The van der Waals surface area contributed by atoms with Crippen molar-refractivity contribution in [2.45, 2.75) is 109 Å². The van der Waals surface area contributed by atoms with E-state index >= 15 is 4.39 Å². The van der Waals surface area contributed by atoms with Crippen molar-refractivity contribution in [3.63, 3.8) is 0 Å². The average molecular weight is 1470 g/mol. The number of carbonyl (C=O) groups is 10. The zero-order chi connectivity index (χ0) is 74.7. The molecule has 1 aliphatic carbocycles. The van der Waals surface area contributed by atoms with E-state index in [2.05, 4.69) is 31.9 Å². The number of carbonyl (C=O) groups excluding carboxylic acids is 10. The number of nitrogens with zero attached hydrogens (tertiary/aromatic N) is 4. The van der Waals surface area contributed by atoms with E-state index in [-0.39, 0.29) is 100 Å². The van der Waals surface area contributed by atoms with Gasteiger partial charge in [-0.2, -0.15) is 0 Å². The molecular formula is C72H93FN10O22. The van der Waals surface area contributed by atoms with E-state index in [1.54, 1.807) is 55.1 Å². The number of rotatable bonds is 47. The van der Waals surface area contributed by atoms with E-state index in [0.29, 0.717) is 163 Å². The number of benzene rings is 2. The molecule has 0 bridgehead atoms. The molecule has 0 spiro atoms. The SMILES string of the molecule is CC[C@]1(O)C(=O)OCc2c1cc1n(c2=O)Cc2c-1nc1cc(F)c(C)c3c1c2[C@@H](N1CCC(OCNC(=O)CNC(=O)[C@H](Cc2ccccc2)NC(=O)CNC(=O)CNC(=O)COCCOCCOCCOCCOCCOCCOCCOCCNC(=O)CCCCCN2C(=O)C=CC2=O)C1=O)CC3. The lowest BCUT2D eigenvalue weighted by Gasteiger charge is -2.35. The normalized spacial score (nSPS) is 17.3. The number of ether oxygens (including phenoxy) is 10. The van der Waals surface area contributed by atoms with Crippen molar-refractivity contribution in [2.24, 2.45) is 0 Å². The summed E-state index contributed by atoms with van der Waals surface area (Å²) in [6.07, 6.45) is 5.07. The summed E-state index contributed by atoms with van der Waals surface area (Å²) < 4.78 is 72.0. The van der Waals surface area contributed by atoms with Crippen molar-refractivity contribution < 1.29 is 105 Å². The number of esters is 1. The summed E-state index contributed by atoms with van der Waals surface area (Å²) in [5.74, 6) is -5.72. The second kappa shape index (κ2) is 40.5. The van der Waals surface area contributed by atoms with Gasteiger partial charge in [-0.1, -0.05) is 43.7 Å². The fourth-order valence-corrected chi connectivity index (χ4v) is 12.8. The monoisotopic (exact) mass is 1470 g/mol. The molecule has 1 saturated heterocycles. The first-order valence-electron chi connectivity index (χ1n) is 35.4. The van der Waals surface area contributed by atoms with Gasteiger partial charge in [0.15, 0.2) is 5.60 Å². The topological polar surface area (TPSA) is 397 Å². The molecule has 9 rings (SSSR count). The van der Waals surface area contributed by atoms with Crippen LogP contribution in [-0.2, 0) is 127 Å². The number of amides is 9. The second-order valence-electron chi connectivity index (χ2n) is 25.3. The number of aryl methyl sites for hydroxylation is 1. The van der Waals surface area contributed by atoms with Gasteiger partial charge < -0.3 is 93.8 Å². The van der Waals surface area contributed by atoms with Crippen molar-refractivity contribution in [3.05, 3.63) is 110 Å². The van der Waals surface area contributed by atoms with E-state index in [0.717, 1.165) is 17.5 Å². The van der Waals surface area contributed by atoms with Gasteiger partial charge in [0.05, 0.1) is 154 Å². The Morgan fingerprint density at radius 3 is 1.92 bits per heavy atom. The average Bonchev–Trinajstić information content (AvgIpc) is 1.60. The van der Waals surface area contributed by atoms with Gasteiger partial charge in [0, 0.05) is 73.6 Å². The molecule has 6 heterocycles. The highest BCUT2D eigenvalue weighted by atomic mass is 19.1. The van der Waals surface area contributed by atoms with E-state index in [1.165, 1.54) is 27.7 Å². The molecule has 2 aromatic heterocycles. The molecule has 9 amide bonds. The molecule has 105 heavy (non-hydrogen) atoms. The zero-order valence-electron chi connectivity index (χ0n) is 59.2. The molecule has 0 saturated carbocycles. The minimum Gasteiger partial charge on any atom is -0.458 e. The number of fused-ring (bicyclic) bond motifs is 5. The lowest BCUT2D eigenvalue weighted by molar-refractivity contribution is -0.172. The molecule has 1 unspecified atom stereocenters. The molecule has 570 valence electrons. The predicted octanol–water partition coefficient (Wildman–Crippen LogP) is 0.0161. The molecule has 2 aromatic carbocycles. The Balaban J connectivity index is 0.569. The molecule has 7 N–H and O–H groups in total. The predicted molar refractivity (Wildman–Crippen MR) is 369 cm³/mol. The maximum absolute atomic E-state index is 15.6. The Labute approximate surface area is 605 Å². The summed E-state index contributed by atoms with van der Waals surface area (Å²) in [7, 11) is 0. The minimum atomic E-state index is -2.06. The molecular weight excluding hydrogens is 1380 g/mol. The van der Waals surface area contributed by atoms with Crippen molar-refractivity contribution >= 4 is 70.0 Å². The van der Waals surface area contributed by atoms with Crippen LogP contribution in [0.1, 0.15) is 96.9 Å². The van der Waals surface area contributed by atoms with Gasteiger partial charge in [-0.05, 0) is 67.3 Å². The van der Waals surface area contributed by atoms with Crippen LogP contribution in [-0.4, -0.2) is 247 Å². The Morgan fingerprint density at radius 1 is 0.676 bits per heavy atom. The Kier molecular flexibility index (Phi) is 30.9. The van der Waals surface area contributed by atoms with Crippen molar-refractivity contribution in [2.75, 3.05) is 152 Å². The Hall–Kier alpha value is -9.03. The van der Waals surface area contributed by atoms with Gasteiger partial charge in [-0.25, -0.2) is 14.2 Å². The zero-order valence-corrected chi connectivity index (χ0v) is 59.2.